The fraction of sp³-hybridized carbons (Fsp3) is 0.200. The Morgan fingerprint density at radius 1 is 1.03 bits per heavy atom. The lowest BCUT2D eigenvalue weighted by Gasteiger charge is -2.32. The number of rotatable bonds is 4. The van der Waals surface area contributed by atoms with Crippen molar-refractivity contribution in [2.24, 2.45) is 0 Å². The Hall–Kier alpha value is -3.33. The zero-order valence-electron chi connectivity index (χ0n) is 16.9. The molecule has 1 aliphatic heterocycles. The van der Waals surface area contributed by atoms with E-state index in [-0.39, 0.29) is 12.0 Å². The molecular weight excluding hydrogens is 410 g/mol. The van der Waals surface area contributed by atoms with Gasteiger partial charge in [0.2, 0.25) is 0 Å². The van der Waals surface area contributed by atoms with Gasteiger partial charge in [0.05, 0.1) is 17.4 Å². The van der Waals surface area contributed by atoms with Gasteiger partial charge in [-0.3, -0.25) is 4.79 Å². The number of carbonyl (C=O) groups is 1. The molecule has 1 aliphatic rings. The van der Waals surface area contributed by atoms with Crippen LogP contribution in [0.5, 0.6) is 0 Å². The van der Waals surface area contributed by atoms with E-state index in [0.29, 0.717) is 47.8 Å². The van der Waals surface area contributed by atoms with Crippen LogP contribution in [0, 0.1) is 11.3 Å². The van der Waals surface area contributed by atoms with Crippen molar-refractivity contribution in [1.82, 2.24) is 0 Å². The molecule has 0 unspecified atom stereocenters. The number of benzene rings is 3. The zero-order chi connectivity index (χ0) is 21.8. The van der Waals surface area contributed by atoms with Crippen LogP contribution in [0.4, 0.5) is 11.4 Å². The van der Waals surface area contributed by atoms with E-state index in [0.717, 1.165) is 16.8 Å². The van der Waals surface area contributed by atoms with Gasteiger partial charge in [-0.25, -0.2) is 0 Å². The van der Waals surface area contributed by atoms with E-state index in [1.54, 1.807) is 12.1 Å². The molecule has 156 valence electrons. The Kier molecular flexibility index (Phi) is 6.22. The highest BCUT2D eigenvalue weighted by Crippen LogP contribution is 2.27. The van der Waals surface area contributed by atoms with E-state index in [1.807, 2.05) is 54.6 Å². The first-order chi connectivity index (χ1) is 15.0. The molecule has 0 aliphatic carbocycles. The monoisotopic (exact) mass is 431 g/mol. The number of halogens is 1. The molecule has 1 heterocycles. The van der Waals surface area contributed by atoms with Crippen LogP contribution < -0.4 is 10.2 Å². The molecular formula is C25H22ClN3O2. The van der Waals surface area contributed by atoms with Crippen LogP contribution in [-0.2, 0) is 0 Å². The number of hydrogen-bond donors (Lipinski definition) is 2. The normalized spacial score (nSPS) is 14.2. The van der Waals surface area contributed by atoms with Gasteiger partial charge in [-0.05, 0) is 66.4 Å². The lowest BCUT2D eigenvalue weighted by molar-refractivity contribution is 0.102. The number of piperidine rings is 1. The maximum Gasteiger partial charge on any atom is 0.255 e. The molecule has 2 N–H and O–H groups in total. The molecule has 31 heavy (non-hydrogen) atoms. The predicted octanol–water partition coefficient (Wildman–Crippen LogP) is 5.09. The number of carbonyl (C=O) groups excluding carboxylic acids is 1. The first-order valence-electron chi connectivity index (χ1n) is 10.2. The van der Waals surface area contributed by atoms with Crippen LogP contribution in [0.25, 0.3) is 11.1 Å². The Balaban J connectivity index is 1.51. The van der Waals surface area contributed by atoms with Crippen molar-refractivity contribution in [1.29, 1.82) is 5.26 Å². The number of amides is 1. The molecule has 0 bridgehead atoms. The molecule has 3 aromatic carbocycles. The SMILES string of the molecule is N#Cc1cc(NC(=O)c2cccc(-c3ccc(Cl)cc3)c2)ccc1N1CCC(O)CC1. The van der Waals surface area contributed by atoms with E-state index in [1.165, 1.54) is 0 Å². The molecule has 0 aromatic heterocycles. The number of nitrogens with one attached hydrogen (secondary N) is 1. The zero-order valence-corrected chi connectivity index (χ0v) is 17.6. The Labute approximate surface area is 186 Å². The molecule has 5 nitrogen and oxygen atoms in total. The quantitative estimate of drug-likeness (QED) is 0.603. The number of nitrogens with zero attached hydrogens (tertiary/aromatic N) is 2. The fourth-order valence-electron chi connectivity index (χ4n) is 3.77. The lowest BCUT2D eigenvalue weighted by atomic mass is 10.0. The van der Waals surface area contributed by atoms with Crippen LogP contribution in [0.2, 0.25) is 5.02 Å². The van der Waals surface area contributed by atoms with Gasteiger partial charge in [0.25, 0.3) is 5.91 Å². The minimum atomic E-state index is -0.274. The molecule has 3 aromatic rings. The molecule has 0 radical (unpaired) electrons. The summed E-state index contributed by atoms with van der Waals surface area (Å²) in [6, 6.07) is 22.4. The van der Waals surface area contributed by atoms with E-state index >= 15 is 0 Å². The van der Waals surface area contributed by atoms with Crippen molar-refractivity contribution in [3.63, 3.8) is 0 Å². The average molecular weight is 432 g/mol. The number of nitriles is 1. The largest absolute Gasteiger partial charge is 0.393 e. The topological polar surface area (TPSA) is 76.4 Å². The predicted molar refractivity (Wildman–Crippen MR) is 123 cm³/mol. The maximum atomic E-state index is 12.8. The standard InChI is InChI=1S/C25H22ClN3O2/c26-21-6-4-17(5-7-21)18-2-1-3-19(14-18)25(31)28-22-8-9-24(20(15-22)16-27)29-12-10-23(30)11-13-29/h1-9,14-15,23,30H,10-13H2,(H,28,31). The second-order valence-corrected chi connectivity index (χ2v) is 8.04. The van der Waals surface area contributed by atoms with Crippen LogP contribution >= 0.6 is 11.6 Å². The number of aliphatic hydroxyl groups is 1. The summed E-state index contributed by atoms with van der Waals surface area (Å²) in [5, 5.41) is 22.9. The minimum Gasteiger partial charge on any atom is -0.393 e. The van der Waals surface area contributed by atoms with Crippen molar-refractivity contribution in [2.45, 2.75) is 18.9 Å². The van der Waals surface area contributed by atoms with Crippen molar-refractivity contribution >= 4 is 28.9 Å². The molecule has 1 amide bonds. The summed E-state index contributed by atoms with van der Waals surface area (Å²) < 4.78 is 0. The van der Waals surface area contributed by atoms with Gasteiger partial charge in [-0.1, -0.05) is 35.9 Å². The third kappa shape index (κ3) is 4.88. The van der Waals surface area contributed by atoms with E-state index in [4.69, 9.17) is 11.6 Å². The van der Waals surface area contributed by atoms with Gasteiger partial charge < -0.3 is 15.3 Å². The summed E-state index contributed by atoms with van der Waals surface area (Å²) in [5.41, 5.74) is 4.33. The van der Waals surface area contributed by atoms with Crippen LogP contribution in [0.1, 0.15) is 28.8 Å². The number of hydrogen-bond acceptors (Lipinski definition) is 4. The molecule has 0 atom stereocenters. The molecule has 1 fully saturated rings. The van der Waals surface area contributed by atoms with Crippen molar-refractivity contribution < 1.29 is 9.90 Å². The van der Waals surface area contributed by atoms with Gasteiger partial charge in [-0.2, -0.15) is 5.26 Å². The first-order valence-corrected chi connectivity index (χ1v) is 10.6. The number of aliphatic hydroxyl groups excluding tert-OH is 1. The summed E-state index contributed by atoms with van der Waals surface area (Å²) in [6.07, 6.45) is 1.10. The molecule has 0 saturated carbocycles. The van der Waals surface area contributed by atoms with Crippen molar-refractivity contribution in [3.05, 3.63) is 82.9 Å². The second-order valence-electron chi connectivity index (χ2n) is 7.60. The number of anilines is 2. The summed E-state index contributed by atoms with van der Waals surface area (Å²) in [6.45, 7) is 1.41. The average Bonchev–Trinajstić information content (AvgIpc) is 2.80. The van der Waals surface area contributed by atoms with Crippen LogP contribution in [0.3, 0.4) is 0 Å². The van der Waals surface area contributed by atoms with Gasteiger partial charge in [0.1, 0.15) is 6.07 Å². The summed E-state index contributed by atoms with van der Waals surface area (Å²) in [4.78, 5) is 14.9. The Morgan fingerprint density at radius 2 is 1.77 bits per heavy atom. The van der Waals surface area contributed by atoms with Crippen LogP contribution in [-0.4, -0.2) is 30.2 Å². The third-order valence-corrected chi connectivity index (χ3v) is 5.73. The van der Waals surface area contributed by atoms with Crippen molar-refractivity contribution in [2.75, 3.05) is 23.3 Å². The molecule has 4 rings (SSSR count). The summed E-state index contributed by atoms with van der Waals surface area (Å²) >= 11 is 5.96. The van der Waals surface area contributed by atoms with Gasteiger partial charge in [0, 0.05) is 29.4 Å². The highest BCUT2D eigenvalue weighted by atomic mass is 35.5. The summed E-state index contributed by atoms with van der Waals surface area (Å²) in [5.74, 6) is -0.242. The van der Waals surface area contributed by atoms with E-state index < -0.39 is 0 Å². The van der Waals surface area contributed by atoms with Crippen LogP contribution in [0.15, 0.2) is 66.7 Å². The summed E-state index contributed by atoms with van der Waals surface area (Å²) in [7, 11) is 0. The van der Waals surface area contributed by atoms with E-state index in [9.17, 15) is 15.2 Å². The van der Waals surface area contributed by atoms with Gasteiger partial charge in [-0.15, -0.1) is 0 Å². The maximum absolute atomic E-state index is 12.8. The van der Waals surface area contributed by atoms with Gasteiger partial charge >= 0.3 is 0 Å². The molecule has 0 spiro atoms. The Morgan fingerprint density at radius 3 is 2.48 bits per heavy atom. The highest BCUT2D eigenvalue weighted by molar-refractivity contribution is 6.30. The van der Waals surface area contributed by atoms with E-state index in [2.05, 4.69) is 16.3 Å². The van der Waals surface area contributed by atoms with Crippen molar-refractivity contribution in [3.8, 4) is 17.2 Å². The molecule has 1 saturated heterocycles. The minimum absolute atomic E-state index is 0.242. The fourth-order valence-corrected chi connectivity index (χ4v) is 3.90. The third-order valence-electron chi connectivity index (χ3n) is 5.48. The first kappa shape index (κ1) is 20.9. The highest BCUT2D eigenvalue weighted by Gasteiger charge is 2.20. The Bertz CT molecular complexity index is 1130. The van der Waals surface area contributed by atoms with Gasteiger partial charge in [0.15, 0.2) is 0 Å². The molecule has 6 heteroatoms. The lowest BCUT2D eigenvalue weighted by Crippen LogP contribution is -2.36. The smallest absolute Gasteiger partial charge is 0.255 e. The second kappa shape index (κ2) is 9.22.